The molecule has 1 aromatic rings. The third-order valence-electron chi connectivity index (χ3n) is 9.73. The van der Waals surface area contributed by atoms with Crippen LogP contribution in [0.15, 0.2) is 29.8 Å². The normalized spacial score (nSPS) is 44.3. The molecule has 4 aliphatic rings. The van der Waals surface area contributed by atoms with E-state index in [4.69, 9.17) is 4.74 Å². The number of ketones is 1. The van der Waals surface area contributed by atoms with Crippen LogP contribution < -0.4 is 4.74 Å². The van der Waals surface area contributed by atoms with E-state index >= 15 is 0 Å². The first-order valence-corrected chi connectivity index (χ1v) is 11.9. The van der Waals surface area contributed by atoms with Gasteiger partial charge in [0, 0.05) is 5.41 Å². The van der Waals surface area contributed by atoms with Gasteiger partial charge in [0.1, 0.15) is 5.75 Å². The summed E-state index contributed by atoms with van der Waals surface area (Å²) in [5, 5.41) is 10.2. The summed E-state index contributed by atoms with van der Waals surface area (Å²) in [6, 6.07) is 8.03. The minimum absolute atomic E-state index is 0.0967. The van der Waals surface area contributed by atoms with Crippen LogP contribution in [0, 0.1) is 34.5 Å². The second-order valence-corrected chi connectivity index (χ2v) is 11.0. The molecule has 4 aliphatic carbocycles. The molecule has 162 valence electrons. The average Bonchev–Trinajstić information content (AvgIpc) is 3.00. The van der Waals surface area contributed by atoms with Gasteiger partial charge in [-0.05, 0) is 110 Å². The van der Waals surface area contributed by atoms with Crippen molar-refractivity contribution in [1.82, 2.24) is 0 Å². The van der Waals surface area contributed by atoms with E-state index in [1.807, 2.05) is 24.3 Å². The Kier molecular flexibility index (Phi) is 4.89. The van der Waals surface area contributed by atoms with Crippen LogP contribution in [0.25, 0.3) is 6.08 Å². The molecule has 1 aromatic carbocycles. The SMILES string of the molecule is COc1ccc(/C=C2\C[C@H]3[C@@H]4CC[C@H]5C[C@H](O)CC[C@]5(C)[C@H]4CC[C@]3(C)C2=O)cc1. The van der Waals surface area contributed by atoms with Crippen LogP contribution in [0.1, 0.15) is 70.8 Å². The maximum atomic E-state index is 13.5. The van der Waals surface area contributed by atoms with Gasteiger partial charge < -0.3 is 9.84 Å². The van der Waals surface area contributed by atoms with Gasteiger partial charge in [-0.15, -0.1) is 0 Å². The summed E-state index contributed by atoms with van der Waals surface area (Å²) < 4.78 is 5.27. The lowest BCUT2D eigenvalue weighted by Gasteiger charge is -2.59. The summed E-state index contributed by atoms with van der Waals surface area (Å²) in [5.74, 6) is 3.77. The number of ether oxygens (including phenoxy) is 1. The van der Waals surface area contributed by atoms with E-state index in [1.165, 1.54) is 19.3 Å². The number of hydrogen-bond acceptors (Lipinski definition) is 3. The maximum Gasteiger partial charge on any atom is 0.165 e. The second kappa shape index (κ2) is 7.22. The first-order valence-electron chi connectivity index (χ1n) is 11.9. The summed E-state index contributed by atoms with van der Waals surface area (Å²) in [6.07, 6.45) is 10.8. The Morgan fingerprint density at radius 3 is 2.53 bits per heavy atom. The number of aliphatic hydroxyl groups excluding tert-OH is 1. The predicted molar refractivity (Wildman–Crippen MR) is 119 cm³/mol. The van der Waals surface area contributed by atoms with Gasteiger partial charge in [0.25, 0.3) is 0 Å². The quantitative estimate of drug-likeness (QED) is 0.642. The molecule has 4 saturated carbocycles. The van der Waals surface area contributed by atoms with Crippen molar-refractivity contribution in [2.75, 3.05) is 7.11 Å². The number of benzene rings is 1. The van der Waals surface area contributed by atoms with Crippen molar-refractivity contribution in [2.24, 2.45) is 34.5 Å². The standard InChI is InChI=1S/C27H36O3/c1-26-12-10-20(28)16-19(26)6-9-22-23(26)11-13-27(2)24(22)15-18(25(27)29)14-17-4-7-21(30-3)8-5-17/h4-5,7-8,14,19-20,22-24,28H,6,9-13,15-16H2,1-3H3/b18-14+/t19-,20+,22+,23-,24-,26-,27-/m0/s1. The van der Waals surface area contributed by atoms with Gasteiger partial charge in [-0.2, -0.15) is 0 Å². The number of methoxy groups -OCH3 is 1. The van der Waals surface area contributed by atoms with E-state index in [9.17, 15) is 9.90 Å². The molecule has 30 heavy (non-hydrogen) atoms. The minimum Gasteiger partial charge on any atom is -0.497 e. The summed E-state index contributed by atoms with van der Waals surface area (Å²) in [7, 11) is 1.68. The van der Waals surface area contributed by atoms with Gasteiger partial charge in [-0.1, -0.05) is 26.0 Å². The molecule has 3 nitrogen and oxygen atoms in total. The number of fused-ring (bicyclic) bond motifs is 5. The fourth-order valence-electron chi connectivity index (χ4n) is 7.94. The van der Waals surface area contributed by atoms with Gasteiger partial charge in [-0.25, -0.2) is 0 Å². The van der Waals surface area contributed by atoms with Crippen LogP contribution >= 0.6 is 0 Å². The van der Waals surface area contributed by atoms with Crippen molar-refractivity contribution in [2.45, 2.75) is 71.3 Å². The van der Waals surface area contributed by atoms with Crippen molar-refractivity contribution in [3.8, 4) is 5.75 Å². The summed E-state index contributed by atoms with van der Waals surface area (Å²) in [4.78, 5) is 13.5. The van der Waals surface area contributed by atoms with Crippen molar-refractivity contribution in [3.05, 3.63) is 35.4 Å². The molecule has 0 amide bonds. The predicted octanol–water partition coefficient (Wildman–Crippen LogP) is 5.66. The number of allylic oxidation sites excluding steroid dienone is 1. The smallest absolute Gasteiger partial charge is 0.165 e. The van der Waals surface area contributed by atoms with Crippen molar-refractivity contribution in [1.29, 1.82) is 0 Å². The second-order valence-electron chi connectivity index (χ2n) is 11.0. The van der Waals surface area contributed by atoms with E-state index in [0.717, 1.165) is 54.9 Å². The molecule has 1 N–H and O–H groups in total. The number of carbonyl (C=O) groups is 1. The van der Waals surface area contributed by atoms with Gasteiger partial charge in [0.15, 0.2) is 5.78 Å². The summed E-state index contributed by atoms with van der Waals surface area (Å²) in [5.41, 5.74) is 2.29. The Hall–Kier alpha value is -1.61. The Balaban J connectivity index is 1.42. The van der Waals surface area contributed by atoms with Crippen molar-refractivity contribution >= 4 is 11.9 Å². The summed E-state index contributed by atoms with van der Waals surface area (Å²) >= 11 is 0. The third kappa shape index (κ3) is 2.99. The maximum absolute atomic E-state index is 13.5. The summed E-state index contributed by atoms with van der Waals surface area (Å²) in [6.45, 7) is 4.76. The first-order chi connectivity index (χ1) is 14.3. The van der Waals surface area contributed by atoms with Crippen LogP contribution in [-0.4, -0.2) is 24.1 Å². The largest absolute Gasteiger partial charge is 0.497 e. The average molecular weight is 409 g/mol. The molecule has 0 saturated heterocycles. The molecule has 3 heteroatoms. The highest BCUT2D eigenvalue weighted by Gasteiger charge is 2.61. The van der Waals surface area contributed by atoms with E-state index in [2.05, 4.69) is 19.9 Å². The fraction of sp³-hybridized carbons (Fsp3) is 0.667. The van der Waals surface area contributed by atoms with E-state index in [1.54, 1.807) is 7.11 Å². The first kappa shape index (κ1) is 20.3. The van der Waals surface area contributed by atoms with E-state index < -0.39 is 0 Å². The lowest BCUT2D eigenvalue weighted by atomic mass is 9.45. The zero-order chi connectivity index (χ0) is 21.1. The molecule has 0 spiro atoms. The van der Waals surface area contributed by atoms with Crippen LogP contribution in [0.3, 0.4) is 0 Å². The Labute approximate surface area is 180 Å². The van der Waals surface area contributed by atoms with Crippen LogP contribution in [0.4, 0.5) is 0 Å². The number of aliphatic hydroxyl groups is 1. The highest BCUT2D eigenvalue weighted by Crippen LogP contribution is 2.66. The Bertz CT molecular complexity index is 855. The fourth-order valence-corrected chi connectivity index (χ4v) is 7.94. The zero-order valence-corrected chi connectivity index (χ0v) is 18.7. The molecular formula is C27H36O3. The molecular weight excluding hydrogens is 372 g/mol. The van der Waals surface area contributed by atoms with Crippen molar-refractivity contribution < 1.29 is 14.6 Å². The van der Waals surface area contributed by atoms with Crippen LogP contribution in [-0.2, 0) is 4.79 Å². The third-order valence-corrected chi connectivity index (χ3v) is 9.73. The molecule has 0 radical (unpaired) electrons. The van der Waals surface area contributed by atoms with Crippen LogP contribution in [0.2, 0.25) is 0 Å². The molecule has 0 unspecified atom stereocenters. The van der Waals surface area contributed by atoms with E-state index in [0.29, 0.717) is 29.0 Å². The molecule has 0 bridgehead atoms. The lowest BCUT2D eigenvalue weighted by molar-refractivity contribution is -0.141. The van der Waals surface area contributed by atoms with Gasteiger partial charge in [0.2, 0.25) is 0 Å². The van der Waals surface area contributed by atoms with E-state index in [-0.39, 0.29) is 11.5 Å². The highest BCUT2D eigenvalue weighted by atomic mass is 16.5. The van der Waals surface area contributed by atoms with Crippen molar-refractivity contribution in [3.63, 3.8) is 0 Å². The molecule has 5 rings (SSSR count). The number of hydrogen-bond donors (Lipinski definition) is 1. The number of carbonyl (C=O) groups excluding carboxylic acids is 1. The van der Waals surface area contributed by atoms with Gasteiger partial charge in [-0.3, -0.25) is 4.79 Å². The topological polar surface area (TPSA) is 46.5 Å². The lowest BCUT2D eigenvalue weighted by Crippen LogP contribution is -2.54. The van der Waals surface area contributed by atoms with Crippen LogP contribution in [0.5, 0.6) is 5.75 Å². The monoisotopic (exact) mass is 408 g/mol. The molecule has 0 heterocycles. The molecule has 7 atom stereocenters. The molecule has 4 fully saturated rings. The number of rotatable bonds is 2. The Morgan fingerprint density at radius 2 is 1.80 bits per heavy atom. The molecule has 0 aromatic heterocycles. The Morgan fingerprint density at radius 1 is 1.03 bits per heavy atom. The minimum atomic E-state index is -0.184. The van der Waals surface area contributed by atoms with Gasteiger partial charge >= 0.3 is 0 Å². The molecule has 0 aliphatic heterocycles. The highest BCUT2D eigenvalue weighted by molar-refractivity contribution is 6.05. The number of Topliss-reactive ketones (excluding diaryl/α,β-unsaturated/α-hetero) is 1. The van der Waals surface area contributed by atoms with Gasteiger partial charge in [0.05, 0.1) is 13.2 Å². The zero-order valence-electron chi connectivity index (χ0n) is 18.7.